The number of hydrogen-bond acceptors (Lipinski definition) is 6. The van der Waals surface area contributed by atoms with Gasteiger partial charge in [0.1, 0.15) is 6.04 Å². The van der Waals surface area contributed by atoms with Crippen molar-refractivity contribution >= 4 is 35.4 Å². The van der Waals surface area contributed by atoms with Crippen LogP contribution in [0.4, 0.5) is 0 Å². The highest BCUT2D eigenvalue weighted by atomic mass is 35.5. The van der Waals surface area contributed by atoms with Crippen molar-refractivity contribution in [3.05, 3.63) is 34.9 Å². The summed E-state index contributed by atoms with van der Waals surface area (Å²) >= 11 is 5.72. The maximum Gasteiger partial charge on any atom is 0.328 e. The number of esters is 2. The lowest BCUT2D eigenvalue weighted by atomic mass is 10.2. The minimum atomic E-state index is -1.19. The Morgan fingerprint density at radius 1 is 1.08 bits per heavy atom. The first kappa shape index (κ1) is 19.4. The van der Waals surface area contributed by atoms with Crippen molar-refractivity contribution in [2.24, 2.45) is 0 Å². The van der Waals surface area contributed by atoms with E-state index in [1.165, 1.54) is 12.1 Å². The van der Waals surface area contributed by atoms with E-state index in [1.807, 2.05) is 0 Å². The molecule has 1 rings (SSSR count). The summed E-state index contributed by atoms with van der Waals surface area (Å²) < 4.78 is 8.95. The summed E-state index contributed by atoms with van der Waals surface area (Å²) in [6.07, 6.45) is -0.375. The van der Waals surface area contributed by atoms with Crippen LogP contribution in [0.25, 0.3) is 0 Å². The van der Waals surface area contributed by atoms with Gasteiger partial charge in [0.25, 0.3) is 5.91 Å². The highest BCUT2D eigenvalue weighted by molar-refractivity contribution is 6.30. The third-order valence-electron chi connectivity index (χ3n) is 2.94. The van der Waals surface area contributed by atoms with E-state index in [0.29, 0.717) is 10.6 Å². The van der Waals surface area contributed by atoms with Crippen LogP contribution in [0.1, 0.15) is 16.8 Å². The molecule has 0 spiro atoms. The van der Waals surface area contributed by atoms with Crippen LogP contribution in [0.15, 0.2) is 24.3 Å². The van der Waals surface area contributed by atoms with Gasteiger partial charge in [0, 0.05) is 10.6 Å². The molecule has 0 aliphatic carbocycles. The summed E-state index contributed by atoms with van der Waals surface area (Å²) in [7, 11) is 2.28. The Labute approximate surface area is 143 Å². The maximum atomic E-state index is 11.9. The second-order valence-electron chi connectivity index (χ2n) is 4.61. The van der Waals surface area contributed by atoms with E-state index in [4.69, 9.17) is 11.6 Å². The Hall–Kier alpha value is -2.61. The number of rotatable bonds is 7. The van der Waals surface area contributed by atoms with Gasteiger partial charge in [-0.05, 0) is 24.3 Å². The molecule has 8 nitrogen and oxygen atoms in total. The Morgan fingerprint density at radius 3 is 2.25 bits per heavy atom. The molecule has 130 valence electrons. The number of carbonyl (C=O) groups excluding carboxylic acids is 4. The van der Waals surface area contributed by atoms with E-state index in [9.17, 15) is 19.2 Å². The standard InChI is InChI=1S/C15H17ClN2O6/c1-23-13(20)7-11(15(22)24-2)18-12(19)8-17-14(21)9-3-5-10(16)6-4-9/h3-6,11H,7-8H2,1-2H3,(H,17,21)(H,18,19). The van der Waals surface area contributed by atoms with Crippen molar-refractivity contribution in [2.45, 2.75) is 12.5 Å². The quantitative estimate of drug-likeness (QED) is 0.679. The fourth-order valence-electron chi connectivity index (χ4n) is 1.69. The van der Waals surface area contributed by atoms with Gasteiger partial charge in [0.15, 0.2) is 0 Å². The van der Waals surface area contributed by atoms with Crippen molar-refractivity contribution in [3.63, 3.8) is 0 Å². The molecule has 2 N–H and O–H groups in total. The van der Waals surface area contributed by atoms with E-state index in [1.54, 1.807) is 12.1 Å². The van der Waals surface area contributed by atoms with Crippen LogP contribution in [0.5, 0.6) is 0 Å². The van der Waals surface area contributed by atoms with E-state index in [2.05, 4.69) is 20.1 Å². The van der Waals surface area contributed by atoms with Gasteiger partial charge >= 0.3 is 11.9 Å². The number of halogens is 1. The first-order valence-corrected chi connectivity index (χ1v) is 7.23. The number of hydrogen-bond donors (Lipinski definition) is 2. The molecule has 1 aromatic carbocycles. The fourth-order valence-corrected chi connectivity index (χ4v) is 1.82. The lowest BCUT2D eigenvalue weighted by molar-refractivity contribution is -0.150. The molecule has 0 bridgehead atoms. The first-order valence-electron chi connectivity index (χ1n) is 6.85. The zero-order valence-corrected chi connectivity index (χ0v) is 13.9. The molecule has 1 unspecified atom stereocenters. The number of nitrogens with one attached hydrogen (secondary N) is 2. The molecule has 0 aliphatic heterocycles. The van der Waals surface area contributed by atoms with Crippen LogP contribution >= 0.6 is 11.6 Å². The number of methoxy groups -OCH3 is 2. The SMILES string of the molecule is COC(=O)CC(NC(=O)CNC(=O)c1ccc(Cl)cc1)C(=O)OC. The monoisotopic (exact) mass is 356 g/mol. The molecule has 0 aromatic heterocycles. The minimum Gasteiger partial charge on any atom is -0.469 e. The Balaban J connectivity index is 2.56. The summed E-state index contributed by atoms with van der Waals surface area (Å²) in [4.78, 5) is 46.5. The van der Waals surface area contributed by atoms with Gasteiger partial charge < -0.3 is 20.1 Å². The maximum absolute atomic E-state index is 11.9. The minimum absolute atomic E-state index is 0.325. The zero-order chi connectivity index (χ0) is 18.1. The molecule has 0 aliphatic rings. The molecule has 24 heavy (non-hydrogen) atoms. The van der Waals surface area contributed by atoms with E-state index in [-0.39, 0.29) is 13.0 Å². The fraction of sp³-hybridized carbons (Fsp3) is 0.333. The molecule has 0 saturated heterocycles. The number of amides is 2. The van der Waals surface area contributed by atoms with Gasteiger partial charge in [0.2, 0.25) is 5.91 Å². The van der Waals surface area contributed by atoms with Crippen molar-refractivity contribution in [1.82, 2.24) is 10.6 Å². The van der Waals surface area contributed by atoms with E-state index >= 15 is 0 Å². The zero-order valence-electron chi connectivity index (χ0n) is 13.1. The normalized spacial score (nSPS) is 11.1. The predicted octanol–water partition coefficient (Wildman–Crippen LogP) is 0.291. The van der Waals surface area contributed by atoms with Gasteiger partial charge in [-0.25, -0.2) is 4.79 Å². The third-order valence-corrected chi connectivity index (χ3v) is 3.19. The van der Waals surface area contributed by atoms with Gasteiger partial charge in [0.05, 0.1) is 27.2 Å². The van der Waals surface area contributed by atoms with Gasteiger partial charge in [-0.3, -0.25) is 14.4 Å². The van der Waals surface area contributed by atoms with Crippen molar-refractivity contribution in [3.8, 4) is 0 Å². The van der Waals surface area contributed by atoms with Crippen LogP contribution in [0.2, 0.25) is 5.02 Å². The Kier molecular flexibility index (Phi) is 7.70. The van der Waals surface area contributed by atoms with Crippen LogP contribution < -0.4 is 10.6 Å². The van der Waals surface area contributed by atoms with E-state index < -0.39 is 29.8 Å². The van der Waals surface area contributed by atoms with Crippen LogP contribution in [0, 0.1) is 0 Å². The summed E-state index contributed by atoms with van der Waals surface area (Å²) in [6.45, 7) is -0.379. The first-order chi connectivity index (χ1) is 11.4. The molecular formula is C15H17ClN2O6. The highest BCUT2D eigenvalue weighted by Crippen LogP contribution is 2.09. The average molecular weight is 357 g/mol. The van der Waals surface area contributed by atoms with Gasteiger partial charge in [-0.2, -0.15) is 0 Å². The number of carbonyl (C=O) groups is 4. The Morgan fingerprint density at radius 2 is 1.71 bits per heavy atom. The van der Waals surface area contributed by atoms with E-state index in [0.717, 1.165) is 14.2 Å². The smallest absolute Gasteiger partial charge is 0.328 e. The highest BCUT2D eigenvalue weighted by Gasteiger charge is 2.25. The molecule has 1 aromatic rings. The van der Waals surface area contributed by atoms with Gasteiger partial charge in [-0.1, -0.05) is 11.6 Å². The van der Waals surface area contributed by atoms with Crippen molar-refractivity contribution in [1.29, 1.82) is 0 Å². The second kappa shape index (κ2) is 9.51. The predicted molar refractivity (Wildman–Crippen MR) is 84.4 cm³/mol. The number of benzene rings is 1. The van der Waals surface area contributed by atoms with Crippen LogP contribution in [0.3, 0.4) is 0 Å². The molecule has 0 heterocycles. The summed E-state index contributed by atoms with van der Waals surface area (Å²) in [5, 5.41) is 5.16. The van der Waals surface area contributed by atoms with Crippen LogP contribution in [-0.2, 0) is 23.9 Å². The molecular weight excluding hydrogens is 340 g/mol. The molecule has 2 amide bonds. The average Bonchev–Trinajstić information content (AvgIpc) is 2.58. The Bertz CT molecular complexity index is 617. The molecule has 0 saturated carbocycles. The topological polar surface area (TPSA) is 111 Å². The molecule has 0 fully saturated rings. The summed E-state index contributed by atoms with van der Waals surface area (Å²) in [5.41, 5.74) is 0.325. The summed E-state index contributed by atoms with van der Waals surface area (Å²) in [6, 6.07) is 4.90. The van der Waals surface area contributed by atoms with Gasteiger partial charge in [-0.15, -0.1) is 0 Å². The lowest BCUT2D eigenvalue weighted by Gasteiger charge is -2.15. The molecule has 9 heteroatoms. The molecule has 0 radical (unpaired) electrons. The molecule has 1 atom stereocenters. The number of ether oxygens (including phenoxy) is 2. The third kappa shape index (κ3) is 6.25. The largest absolute Gasteiger partial charge is 0.469 e. The van der Waals surface area contributed by atoms with Crippen molar-refractivity contribution < 1.29 is 28.7 Å². The van der Waals surface area contributed by atoms with Crippen molar-refractivity contribution in [2.75, 3.05) is 20.8 Å². The summed E-state index contributed by atoms with van der Waals surface area (Å²) in [5.74, 6) is -2.62. The second-order valence-corrected chi connectivity index (χ2v) is 5.05. The lowest BCUT2D eigenvalue weighted by Crippen LogP contribution is -2.47. The van der Waals surface area contributed by atoms with Crippen LogP contribution in [-0.4, -0.2) is 50.6 Å².